The smallest absolute Gasteiger partial charge is 0.355 e. The molecule has 18 heteroatoms. The fourth-order valence-corrected chi connectivity index (χ4v) is 4.62. The van der Waals surface area contributed by atoms with Crippen LogP contribution in [0.5, 0.6) is 5.88 Å². The van der Waals surface area contributed by atoms with Crippen LogP contribution < -0.4 is 9.08 Å². The summed E-state index contributed by atoms with van der Waals surface area (Å²) in [5, 5.41) is -0.0704. The quantitative estimate of drug-likeness (QED) is 0.196. The SMILES string of the molecule is Cc1cc(N2CCCn3c2nc2c(Cl)ccc(C(OC(F)F)C(F)(F)F)c23)cnc1OS(=O)(=O)C(F)(F)F. The molecule has 1 unspecified atom stereocenters. The number of imidazole rings is 1. The maximum Gasteiger partial charge on any atom is 0.534 e. The summed E-state index contributed by atoms with van der Waals surface area (Å²) in [4.78, 5) is 9.40. The van der Waals surface area contributed by atoms with E-state index in [2.05, 4.69) is 18.9 Å². The number of nitrogens with zero attached hydrogens (tertiary/aromatic N) is 4. The fourth-order valence-electron chi connectivity index (χ4n) is 3.95. The maximum absolute atomic E-state index is 13.7. The number of aromatic nitrogens is 3. The lowest BCUT2D eigenvalue weighted by molar-refractivity contribution is -0.276. The summed E-state index contributed by atoms with van der Waals surface area (Å²) < 4.78 is 137. The number of hydrogen-bond acceptors (Lipinski definition) is 7. The minimum Gasteiger partial charge on any atom is -0.355 e. The molecular weight excluding hydrogens is 580 g/mol. The van der Waals surface area contributed by atoms with Gasteiger partial charge in [-0.25, -0.2) is 9.97 Å². The van der Waals surface area contributed by atoms with Crippen LogP contribution in [0.2, 0.25) is 5.02 Å². The molecule has 1 aromatic carbocycles. The molecule has 0 saturated carbocycles. The lowest BCUT2D eigenvalue weighted by Crippen LogP contribution is -2.30. The van der Waals surface area contributed by atoms with Crippen molar-refractivity contribution < 1.29 is 52.5 Å². The van der Waals surface area contributed by atoms with Crippen molar-refractivity contribution in [2.75, 3.05) is 11.4 Å². The fraction of sp³-hybridized carbons (Fsp3) is 0.400. The minimum atomic E-state index is -5.98. The van der Waals surface area contributed by atoms with Gasteiger partial charge in [0.05, 0.1) is 22.4 Å². The Morgan fingerprint density at radius 2 is 1.79 bits per heavy atom. The molecule has 1 aliphatic rings. The molecule has 0 fully saturated rings. The molecule has 0 radical (unpaired) electrons. The van der Waals surface area contributed by atoms with Gasteiger partial charge in [0.25, 0.3) is 0 Å². The third-order valence-electron chi connectivity index (χ3n) is 5.48. The Labute approximate surface area is 213 Å². The zero-order valence-corrected chi connectivity index (χ0v) is 20.4. The molecule has 208 valence electrons. The van der Waals surface area contributed by atoms with E-state index in [1.54, 1.807) is 0 Å². The van der Waals surface area contributed by atoms with Crippen LogP contribution in [-0.4, -0.2) is 47.8 Å². The first kappa shape index (κ1) is 28.1. The number of hydrogen-bond donors (Lipinski definition) is 0. The summed E-state index contributed by atoms with van der Waals surface area (Å²) in [6.45, 7) is -2.17. The molecular formula is C20H15ClF8N4O4S. The highest BCUT2D eigenvalue weighted by molar-refractivity contribution is 7.87. The second-order valence-electron chi connectivity index (χ2n) is 8.02. The van der Waals surface area contributed by atoms with Crippen LogP contribution in [0.4, 0.5) is 46.8 Å². The van der Waals surface area contributed by atoms with E-state index in [-0.39, 0.29) is 46.3 Å². The van der Waals surface area contributed by atoms with Gasteiger partial charge in [0.2, 0.25) is 11.8 Å². The van der Waals surface area contributed by atoms with Gasteiger partial charge in [-0.15, -0.1) is 0 Å². The molecule has 3 aromatic rings. The molecule has 3 heterocycles. The van der Waals surface area contributed by atoms with E-state index in [1.807, 2.05) is 0 Å². The van der Waals surface area contributed by atoms with Gasteiger partial charge in [0.1, 0.15) is 5.52 Å². The van der Waals surface area contributed by atoms with Gasteiger partial charge in [0, 0.05) is 24.2 Å². The average molecular weight is 595 g/mol. The van der Waals surface area contributed by atoms with Crippen LogP contribution in [0.15, 0.2) is 24.4 Å². The molecule has 0 bridgehead atoms. The normalized spacial score (nSPS) is 15.7. The Morgan fingerprint density at radius 3 is 2.37 bits per heavy atom. The molecule has 2 aromatic heterocycles. The lowest BCUT2D eigenvalue weighted by Gasteiger charge is -2.30. The summed E-state index contributed by atoms with van der Waals surface area (Å²) in [7, 11) is -5.98. The predicted molar refractivity (Wildman–Crippen MR) is 117 cm³/mol. The minimum absolute atomic E-state index is 0.0383. The van der Waals surface area contributed by atoms with Crippen molar-refractivity contribution in [2.45, 2.75) is 44.3 Å². The van der Waals surface area contributed by atoms with Crippen LogP contribution in [-0.2, 0) is 21.4 Å². The largest absolute Gasteiger partial charge is 0.534 e. The van der Waals surface area contributed by atoms with E-state index < -0.39 is 46.0 Å². The second kappa shape index (κ2) is 9.68. The maximum atomic E-state index is 13.7. The number of anilines is 2. The first-order valence-electron chi connectivity index (χ1n) is 10.4. The molecule has 0 aliphatic carbocycles. The van der Waals surface area contributed by atoms with Gasteiger partial charge in [-0.3, -0.25) is 0 Å². The molecule has 1 aliphatic heterocycles. The number of pyridine rings is 1. The molecule has 0 spiro atoms. The van der Waals surface area contributed by atoms with Crippen molar-refractivity contribution in [3.8, 4) is 5.88 Å². The summed E-state index contributed by atoms with van der Waals surface area (Å²) >= 11 is 6.17. The van der Waals surface area contributed by atoms with Crippen molar-refractivity contribution in [1.29, 1.82) is 0 Å². The Balaban J connectivity index is 1.81. The number of rotatable bonds is 6. The van der Waals surface area contributed by atoms with Gasteiger partial charge < -0.3 is 18.4 Å². The Bertz CT molecular complexity index is 1480. The average Bonchev–Trinajstić information content (AvgIpc) is 3.19. The standard InChI is InChI=1S/C20H15ClF8N4O4S/c1-9-7-10(8-30-16(9)37-38(34,35)20(27,28)29)32-5-2-6-33-14-11(15(19(24,25)26)36-17(22)23)3-4-12(21)13(14)31-18(32)33/h3-4,7-8,15,17H,2,5-6H2,1H3. The Kier molecular flexibility index (Phi) is 7.15. The molecule has 38 heavy (non-hydrogen) atoms. The van der Waals surface area contributed by atoms with Crippen LogP contribution in [0.25, 0.3) is 11.0 Å². The zero-order chi connectivity index (χ0) is 28.2. The number of halogens is 9. The molecule has 8 nitrogen and oxygen atoms in total. The van der Waals surface area contributed by atoms with E-state index in [4.69, 9.17) is 11.6 Å². The second-order valence-corrected chi connectivity index (χ2v) is 9.96. The van der Waals surface area contributed by atoms with Gasteiger partial charge in [-0.2, -0.15) is 43.5 Å². The van der Waals surface area contributed by atoms with Crippen LogP contribution >= 0.6 is 11.6 Å². The molecule has 1 atom stereocenters. The Morgan fingerprint density at radius 1 is 1.11 bits per heavy atom. The lowest BCUT2D eigenvalue weighted by atomic mass is 10.1. The van der Waals surface area contributed by atoms with E-state index in [9.17, 15) is 43.5 Å². The summed E-state index contributed by atoms with van der Waals surface area (Å²) in [5.41, 5.74) is -6.57. The van der Waals surface area contributed by atoms with Gasteiger partial charge >= 0.3 is 28.4 Å². The Hall–Kier alpha value is -2.92. The molecule has 0 saturated heterocycles. The topological polar surface area (TPSA) is 86.6 Å². The summed E-state index contributed by atoms with van der Waals surface area (Å²) in [6.07, 6.45) is -6.89. The number of ether oxygens (including phenoxy) is 1. The predicted octanol–water partition coefficient (Wildman–Crippen LogP) is 6.01. The summed E-state index contributed by atoms with van der Waals surface area (Å²) in [6, 6.07) is 3.22. The van der Waals surface area contributed by atoms with Gasteiger partial charge in [-0.05, 0) is 25.5 Å². The van der Waals surface area contributed by atoms with E-state index in [1.165, 1.54) is 22.5 Å². The van der Waals surface area contributed by atoms with Gasteiger partial charge in [0.15, 0.2) is 6.10 Å². The van der Waals surface area contributed by atoms with Crippen LogP contribution in [0, 0.1) is 6.92 Å². The van der Waals surface area contributed by atoms with Gasteiger partial charge in [-0.1, -0.05) is 17.7 Å². The van der Waals surface area contributed by atoms with Crippen molar-refractivity contribution in [3.05, 3.63) is 40.5 Å². The third-order valence-corrected chi connectivity index (χ3v) is 6.73. The number of benzene rings is 1. The van der Waals surface area contributed by atoms with E-state index in [0.29, 0.717) is 6.42 Å². The number of fused-ring (bicyclic) bond motifs is 3. The molecule has 0 amide bonds. The molecule has 4 rings (SSSR count). The zero-order valence-electron chi connectivity index (χ0n) is 18.8. The third kappa shape index (κ3) is 5.18. The van der Waals surface area contributed by atoms with E-state index >= 15 is 0 Å². The number of aryl methyl sites for hydroxylation is 2. The highest BCUT2D eigenvalue weighted by atomic mass is 35.5. The highest BCUT2D eigenvalue weighted by Gasteiger charge is 2.49. The number of alkyl halides is 8. The van der Waals surface area contributed by atoms with Crippen molar-refractivity contribution in [2.24, 2.45) is 0 Å². The monoisotopic (exact) mass is 594 g/mol. The first-order valence-corrected chi connectivity index (χ1v) is 12.2. The first-order chi connectivity index (χ1) is 17.5. The van der Waals surface area contributed by atoms with Crippen molar-refractivity contribution in [1.82, 2.24) is 14.5 Å². The van der Waals surface area contributed by atoms with E-state index in [0.717, 1.165) is 18.3 Å². The van der Waals surface area contributed by atoms with Crippen molar-refractivity contribution in [3.63, 3.8) is 0 Å². The highest BCUT2D eigenvalue weighted by Crippen LogP contribution is 2.44. The van der Waals surface area contributed by atoms with Crippen molar-refractivity contribution >= 4 is 44.4 Å². The van der Waals surface area contributed by atoms with Crippen LogP contribution in [0.1, 0.15) is 23.7 Å². The molecule has 0 N–H and O–H groups in total. The summed E-state index contributed by atoms with van der Waals surface area (Å²) in [5.74, 6) is -0.796. The van der Waals surface area contributed by atoms with Crippen LogP contribution in [0.3, 0.4) is 0 Å².